The first kappa shape index (κ1) is 15.0. The van der Waals surface area contributed by atoms with Gasteiger partial charge in [-0.05, 0) is 55.5 Å². The third-order valence-corrected chi connectivity index (χ3v) is 3.58. The van der Waals surface area contributed by atoms with Crippen LogP contribution >= 0.6 is 0 Å². The van der Waals surface area contributed by atoms with Crippen LogP contribution in [-0.2, 0) is 6.54 Å². The lowest BCUT2D eigenvalue weighted by Crippen LogP contribution is -2.30. The van der Waals surface area contributed by atoms with Gasteiger partial charge in [-0.1, -0.05) is 17.7 Å². The number of carbonyl (C=O) groups excluding carboxylic acids is 1. The van der Waals surface area contributed by atoms with Crippen LogP contribution in [0.2, 0.25) is 0 Å². The smallest absolute Gasteiger partial charge is 0.258 e. The molecule has 0 saturated heterocycles. The number of halogens is 1. The third kappa shape index (κ3) is 3.48. The van der Waals surface area contributed by atoms with E-state index in [-0.39, 0.29) is 11.7 Å². The van der Waals surface area contributed by atoms with Crippen molar-refractivity contribution in [2.45, 2.75) is 13.5 Å². The zero-order valence-corrected chi connectivity index (χ0v) is 12.7. The Morgan fingerprint density at radius 2 is 1.74 bits per heavy atom. The fraction of sp³-hybridized carbons (Fsp3) is 0.105. The molecule has 3 nitrogen and oxygen atoms in total. The monoisotopic (exact) mass is 309 g/mol. The molecule has 0 spiro atoms. The molecular weight excluding hydrogens is 293 g/mol. The Morgan fingerprint density at radius 3 is 2.35 bits per heavy atom. The largest absolute Gasteiger partial charge is 0.467 e. The SMILES string of the molecule is Cc1ccc(N(Cc2ccco2)C(=O)c2ccc(F)cc2)cc1. The Kier molecular flexibility index (Phi) is 4.24. The number of amides is 1. The first-order chi connectivity index (χ1) is 11.1. The first-order valence-electron chi connectivity index (χ1n) is 7.30. The summed E-state index contributed by atoms with van der Waals surface area (Å²) in [5.74, 6) is 0.112. The number of carbonyl (C=O) groups is 1. The fourth-order valence-electron chi connectivity index (χ4n) is 2.31. The van der Waals surface area contributed by atoms with E-state index in [4.69, 9.17) is 4.42 Å². The molecule has 23 heavy (non-hydrogen) atoms. The summed E-state index contributed by atoms with van der Waals surface area (Å²) in [6.45, 7) is 2.30. The lowest BCUT2D eigenvalue weighted by molar-refractivity contribution is 0.0983. The van der Waals surface area contributed by atoms with Crippen LogP contribution in [-0.4, -0.2) is 5.91 Å². The lowest BCUT2D eigenvalue weighted by Gasteiger charge is -2.22. The molecule has 0 N–H and O–H groups in total. The number of hydrogen-bond donors (Lipinski definition) is 0. The molecule has 0 fully saturated rings. The molecule has 0 radical (unpaired) electrons. The Balaban J connectivity index is 1.95. The number of rotatable bonds is 4. The predicted octanol–water partition coefficient (Wildman–Crippen LogP) is 4.57. The second kappa shape index (κ2) is 6.48. The van der Waals surface area contributed by atoms with Gasteiger partial charge >= 0.3 is 0 Å². The predicted molar refractivity (Wildman–Crippen MR) is 86.8 cm³/mol. The molecule has 0 aliphatic heterocycles. The van der Waals surface area contributed by atoms with E-state index >= 15 is 0 Å². The van der Waals surface area contributed by atoms with Gasteiger partial charge in [0.05, 0.1) is 12.8 Å². The normalized spacial score (nSPS) is 10.5. The summed E-state index contributed by atoms with van der Waals surface area (Å²) in [5.41, 5.74) is 2.31. The highest BCUT2D eigenvalue weighted by Gasteiger charge is 2.19. The highest BCUT2D eigenvalue weighted by molar-refractivity contribution is 6.05. The first-order valence-corrected chi connectivity index (χ1v) is 7.30. The minimum absolute atomic E-state index is 0.203. The van der Waals surface area contributed by atoms with Crippen LogP contribution in [0, 0.1) is 12.7 Å². The molecule has 0 saturated carbocycles. The van der Waals surface area contributed by atoms with Crippen LogP contribution in [0.4, 0.5) is 10.1 Å². The summed E-state index contributed by atoms with van der Waals surface area (Å²) in [7, 11) is 0. The zero-order chi connectivity index (χ0) is 16.2. The molecule has 0 atom stereocenters. The lowest BCUT2D eigenvalue weighted by atomic mass is 10.1. The minimum atomic E-state index is -0.366. The van der Waals surface area contributed by atoms with Crippen molar-refractivity contribution < 1.29 is 13.6 Å². The van der Waals surface area contributed by atoms with Crippen molar-refractivity contribution in [2.75, 3.05) is 4.90 Å². The van der Waals surface area contributed by atoms with E-state index in [9.17, 15) is 9.18 Å². The summed E-state index contributed by atoms with van der Waals surface area (Å²) < 4.78 is 18.4. The number of nitrogens with zero attached hydrogens (tertiary/aromatic N) is 1. The van der Waals surface area contributed by atoms with Gasteiger partial charge in [0.15, 0.2) is 0 Å². The average molecular weight is 309 g/mol. The minimum Gasteiger partial charge on any atom is -0.467 e. The van der Waals surface area contributed by atoms with Crippen LogP contribution < -0.4 is 4.90 Å². The Labute approximate surface area is 134 Å². The quantitative estimate of drug-likeness (QED) is 0.707. The van der Waals surface area contributed by atoms with Crippen LogP contribution in [0.1, 0.15) is 21.7 Å². The van der Waals surface area contributed by atoms with Gasteiger partial charge < -0.3 is 9.32 Å². The van der Waals surface area contributed by atoms with Crippen LogP contribution in [0.15, 0.2) is 71.3 Å². The van der Waals surface area contributed by atoms with Gasteiger partial charge in [0.25, 0.3) is 5.91 Å². The zero-order valence-electron chi connectivity index (χ0n) is 12.7. The molecule has 1 amide bonds. The summed E-state index contributed by atoms with van der Waals surface area (Å²) >= 11 is 0. The van der Waals surface area contributed by atoms with Crippen molar-refractivity contribution >= 4 is 11.6 Å². The fourth-order valence-corrected chi connectivity index (χ4v) is 2.31. The summed E-state index contributed by atoms with van der Waals surface area (Å²) in [5, 5.41) is 0. The summed E-state index contributed by atoms with van der Waals surface area (Å²) in [6, 6.07) is 16.8. The molecule has 1 heterocycles. The molecule has 0 bridgehead atoms. The molecule has 0 unspecified atom stereocenters. The highest BCUT2D eigenvalue weighted by atomic mass is 19.1. The Morgan fingerprint density at radius 1 is 1.04 bits per heavy atom. The molecule has 3 aromatic rings. The number of anilines is 1. The highest BCUT2D eigenvalue weighted by Crippen LogP contribution is 2.21. The van der Waals surface area contributed by atoms with Gasteiger partial charge in [0, 0.05) is 11.3 Å². The van der Waals surface area contributed by atoms with Crippen molar-refractivity contribution in [3.8, 4) is 0 Å². The molecular formula is C19H16FNO2. The molecule has 4 heteroatoms. The van der Waals surface area contributed by atoms with Gasteiger partial charge in [0.1, 0.15) is 11.6 Å². The molecule has 3 rings (SSSR count). The van der Waals surface area contributed by atoms with Crippen molar-refractivity contribution in [1.29, 1.82) is 0 Å². The van der Waals surface area contributed by atoms with Crippen LogP contribution in [0.3, 0.4) is 0 Å². The summed E-state index contributed by atoms with van der Waals surface area (Å²) in [6.07, 6.45) is 1.57. The summed E-state index contributed by atoms with van der Waals surface area (Å²) in [4.78, 5) is 14.4. The molecule has 2 aromatic carbocycles. The third-order valence-electron chi connectivity index (χ3n) is 3.58. The topological polar surface area (TPSA) is 33.5 Å². The van der Waals surface area contributed by atoms with Gasteiger partial charge in [-0.15, -0.1) is 0 Å². The van der Waals surface area contributed by atoms with E-state index in [2.05, 4.69) is 0 Å². The number of benzene rings is 2. The van der Waals surface area contributed by atoms with E-state index in [0.717, 1.165) is 11.3 Å². The van der Waals surface area contributed by atoms with E-state index in [1.165, 1.54) is 24.3 Å². The number of aryl methyl sites for hydroxylation is 1. The van der Waals surface area contributed by atoms with Crippen molar-refractivity contribution in [3.05, 3.63) is 89.6 Å². The van der Waals surface area contributed by atoms with E-state index in [1.807, 2.05) is 37.3 Å². The molecule has 0 aliphatic carbocycles. The number of hydrogen-bond acceptors (Lipinski definition) is 2. The van der Waals surface area contributed by atoms with Crippen molar-refractivity contribution in [1.82, 2.24) is 0 Å². The molecule has 116 valence electrons. The van der Waals surface area contributed by atoms with Crippen molar-refractivity contribution in [3.63, 3.8) is 0 Å². The second-order valence-electron chi connectivity index (χ2n) is 5.31. The van der Waals surface area contributed by atoms with E-state index in [1.54, 1.807) is 17.2 Å². The number of furan rings is 1. The van der Waals surface area contributed by atoms with Crippen molar-refractivity contribution in [2.24, 2.45) is 0 Å². The van der Waals surface area contributed by atoms with Gasteiger partial charge in [0.2, 0.25) is 0 Å². The van der Waals surface area contributed by atoms with Gasteiger partial charge in [-0.3, -0.25) is 4.79 Å². The average Bonchev–Trinajstić information content (AvgIpc) is 3.07. The Hall–Kier alpha value is -2.88. The maximum atomic E-state index is 13.1. The maximum absolute atomic E-state index is 13.1. The van der Waals surface area contributed by atoms with Gasteiger partial charge in [-0.25, -0.2) is 4.39 Å². The Bertz CT molecular complexity index is 777. The van der Waals surface area contributed by atoms with E-state index in [0.29, 0.717) is 17.9 Å². The maximum Gasteiger partial charge on any atom is 0.258 e. The second-order valence-corrected chi connectivity index (χ2v) is 5.31. The standard InChI is InChI=1S/C19H16FNO2/c1-14-4-10-17(11-5-14)21(13-18-3-2-12-23-18)19(22)15-6-8-16(20)9-7-15/h2-12H,13H2,1H3. The van der Waals surface area contributed by atoms with Gasteiger partial charge in [-0.2, -0.15) is 0 Å². The van der Waals surface area contributed by atoms with Crippen LogP contribution in [0.25, 0.3) is 0 Å². The molecule has 1 aromatic heterocycles. The van der Waals surface area contributed by atoms with E-state index < -0.39 is 0 Å². The molecule has 0 aliphatic rings. The van der Waals surface area contributed by atoms with Crippen LogP contribution in [0.5, 0.6) is 0 Å².